The van der Waals surface area contributed by atoms with Crippen molar-refractivity contribution in [3.8, 4) is 23.0 Å². The Morgan fingerprint density at radius 1 is 0.906 bits per heavy atom. The van der Waals surface area contributed by atoms with Crippen molar-refractivity contribution in [3.05, 3.63) is 47.5 Å². The van der Waals surface area contributed by atoms with Crippen LogP contribution in [0.3, 0.4) is 0 Å². The van der Waals surface area contributed by atoms with Gasteiger partial charge in [0, 0.05) is 17.5 Å². The van der Waals surface area contributed by atoms with Crippen LogP contribution in [0.4, 0.5) is 0 Å². The van der Waals surface area contributed by atoms with E-state index in [0.717, 1.165) is 31.4 Å². The molecule has 0 atom stereocenters. The number of ether oxygens (including phenoxy) is 4. The zero-order chi connectivity index (χ0) is 23.0. The molecule has 0 spiro atoms. The number of amides is 1. The van der Waals surface area contributed by atoms with Gasteiger partial charge >= 0.3 is 0 Å². The minimum Gasteiger partial charge on any atom is -0.497 e. The number of methoxy groups -OCH3 is 1. The monoisotopic (exact) mass is 441 g/mol. The summed E-state index contributed by atoms with van der Waals surface area (Å²) in [6.07, 6.45) is 4.43. The Bertz CT molecular complexity index is 861. The molecule has 1 N–H and O–H groups in total. The second kappa shape index (κ2) is 11.1. The molecule has 0 radical (unpaired) electrons. The van der Waals surface area contributed by atoms with Crippen molar-refractivity contribution >= 4 is 5.91 Å². The maximum atomic E-state index is 13.2. The van der Waals surface area contributed by atoms with Crippen molar-refractivity contribution in [3.63, 3.8) is 0 Å². The van der Waals surface area contributed by atoms with E-state index in [2.05, 4.69) is 17.4 Å². The van der Waals surface area contributed by atoms with E-state index in [4.69, 9.17) is 18.9 Å². The van der Waals surface area contributed by atoms with Gasteiger partial charge in [-0.1, -0.05) is 25.0 Å². The first kappa shape index (κ1) is 23.8. The molecule has 3 rings (SSSR count). The predicted octanol–water partition coefficient (Wildman–Crippen LogP) is 5.13. The van der Waals surface area contributed by atoms with Crippen molar-refractivity contribution in [1.82, 2.24) is 5.32 Å². The standard InChI is InChI=1S/C26H35NO5/c1-5-30-22-16-19(17-23(31-6-2)24(22)32-7-3)25(28)27-18-26(14-8-9-15-26)20-10-12-21(29-4)13-11-20/h10-13,16-17H,5-9,14-15,18H2,1-4H3,(H,27,28). The van der Waals surface area contributed by atoms with E-state index in [0.29, 0.717) is 49.2 Å². The zero-order valence-electron chi connectivity index (χ0n) is 19.7. The fraction of sp³-hybridized carbons (Fsp3) is 0.500. The lowest BCUT2D eigenvalue weighted by atomic mass is 9.78. The van der Waals surface area contributed by atoms with Gasteiger partial charge in [-0.25, -0.2) is 0 Å². The minimum atomic E-state index is -0.144. The summed E-state index contributed by atoms with van der Waals surface area (Å²) in [7, 11) is 1.67. The summed E-state index contributed by atoms with van der Waals surface area (Å²) in [5.74, 6) is 2.28. The van der Waals surface area contributed by atoms with Gasteiger partial charge < -0.3 is 24.3 Å². The van der Waals surface area contributed by atoms with Gasteiger partial charge in [0.2, 0.25) is 5.75 Å². The van der Waals surface area contributed by atoms with Crippen LogP contribution in [0, 0.1) is 0 Å². The summed E-state index contributed by atoms with van der Waals surface area (Å²) in [5.41, 5.74) is 1.69. The normalized spacial score (nSPS) is 14.6. The number of hydrogen-bond donors (Lipinski definition) is 1. The van der Waals surface area contributed by atoms with Crippen molar-refractivity contribution in [1.29, 1.82) is 0 Å². The summed E-state index contributed by atoms with van der Waals surface area (Å²) in [4.78, 5) is 13.2. The molecule has 174 valence electrons. The number of carbonyl (C=O) groups excluding carboxylic acids is 1. The highest BCUT2D eigenvalue weighted by atomic mass is 16.5. The summed E-state index contributed by atoms with van der Waals surface area (Å²) >= 11 is 0. The number of carbonyl (C=O) groups is 1. The highest BCUT2D eigenvalue weighted by Gasteiger charge is 2.36. The minimum absolute atomic E-state index is 0.0569. The van der Waals surface area contributed by atoms with Crippen LogP contribution in [-0.4, -0.2) is 39.4 Å². The third-order valence-corrected chi connectivity index (χ3v) is 6.02. The molecule has 0 aliphatic heterocycles. The molecular weight excluding hydrogens is 406 g/mol. The van der Waals surface area contributed by atoms with Gasteiger partial charge in [-0.2, -0.15) is 0 Å². The van der Waals surface area contributed by atoms with Crippen molar-refractivity contribution < 1.29 is 23.7 Å². The van der Waals surface area contributed by atoms with Gasteiger partial charge in [0.25, 0.3) is 5.91 Å². The van der Waals surface area contributed by atoms with Crippen LogP contribution in [0.2, 0.25) is 0 Å². The molecule has 0 bridgehead atoms. The molecule has 2 aromatic rings. The van der Waals surface area contributed by atoms with Crippen LogP contribution in [0.1, 0.15) is 62.4 Å². The zero-order valence-corrected chi connectivity index (χ0v) is 19.7. The summed E-state index contributed by atoms with van der Waals surface area (Å²) in [6, 6.07) is 11.7. The second-order valence-electron chi connectivity index (χ2n) is 8.00. The van der Waals surface area contributed by atoms with Crippen LogP contribution < -0.4 is 24.3 Å². The van der Waals surface area contributed by atoms with Crippen LogP contribution in [0.25, 0.3) is 0 Å². The first-order valence-electron chi connectivity index (χ1n) is 11.6. The van der Waals surface area contributed by atoms with E-state index in [1.165, 1.54) is 5.56 Å². The fourth-order valence-electron chi connectivity index (χ4n) is 4.44. The third-order valence-electron chi connectivity index (χ3n) is 6.02. The predicted molar refractivity (Wildman–Crippen MR) is 125 cm³/mol. The molecule has 0 heterocycles. The lowest BCUT2D eigenvalue weighted by molar-refractivity contribution is 0.0942. The van der Waals surface area contributed by atoms with Crippen LogP contribution in [0.15, 0.2) is 36.4 Å². The third kappa shape index (κ3) is 5.29. The Kier molecular flexibility index (Phi) is 8.26. The highest BCUT2D eigenvalue weighted by Crippen LogP contribution is 2.42. The molecule has 0 unspecified atom stereocenters. The topological polar surface area (TPSA) is 66.0 Å². The molecule has 0 aromatic heterocycles. The molecule has 1 saturated carbocycles. The number of hydrogen-bond acceptors (Lipinski definition) is 5. The summed E-state index contributed by atoms with van der Waals surface area (Å²) in [6.45, 7) is 7.72. The first-order valence-corrected chi connectivity index (χ1v) is 11.6. The maximum Gasteiger partial charge on any atom is 0.251 e. The first-order chi connectivity index (χ1) is 15.6. The summed E-state index contributed by atoms with van der Waals surface area (Å²) < 4.78 is 22.6. The molecular formula is C26H35NO5. The van der Waals surface area contributed by atoms with Crippen molar-refractivity contribution in [2.24, 2.45) is 0 Å². The van der Waals surface area contributed by atoms with Crippen LogP contribution in [0.5, 0.6) is 23.0 Å². The lowest BCUT2D eigenvalue weighted by Gasteiger charge is -2.30. The van der Waals surface area contributed by atoms with E-state index in [9.17, 15) is 4.79 Å². The Hall–Kier alpha value is -2.89. The molecule has 0 saturated heterocycles. The quantitative estimate of drug-likeness (QED) is 0.523. The summed E-state index contributed by atoms with van der Waals surface area (Å²) in [5, 5.41) is 3.18. The van der Waals surface area contributed by atoms with E-state index in [-0.39, 0.29) is 11.3 Å². The molecule has 1 amide bonds. The SMILES string of the molecule is CCOc1cc(C(=O)NCC2(c3ccc(OC)cc3)CCCC2)cc(OCC)c1OCC. The Morgan fingerprint density at radius 2 is 1.47 bits per heavy atom. The van der Waals surface area contributed by atoms with E-state index in [1.807, 2.05) is 32.9 Å². The van der Waals surface area contributed by atoms with Crippen LogP contribution in [-0.2, 0) is 5.41 Å². The van der Waals surface area contributed by atoms with E-state index >= 15 is 0 Å². The smallest absolute Gasteiger partial charge is 0.251 e. The average molecular weight is 442 g/mol. The molecule has 2 aromatic carbocycles. The van der Waals surface area contributed by atoms with Gasteiger partial charge in [0.1, 0.15) is 5.75 Å². The number of rotatable bonds is 11. The van der Waals surface area contributed by atoms with Gasteiger partial charge in [-0.3, -0.25) is 4.79 Å². The molecule has 1 fully saturated rings. The Balaban J connectivity index is 1.83. The van der Waals surface area contributed by atoms with Gasteiger partial charge in [0.05, 0.1) is 26.9 Å². The second-order valence-corrected chi connectivity index (χ2v) is 8.00. The van der Waals surface area contributed by atoms with Crippen molar-refractivity contribution in [2.45, 2.75) is 51.9 Å². The number of benzene rings is 2. The van der Waals surface area contributed by atoms with E-state index in [1.54, 1.807) is 19.2 Å². The van der Waals surface area contributed by atoms with Gasteiger partial charge in [-0.05, 0) is 63.4 Å². The molecule has 1 aliphatic rings. The van der Waals surface area contributed by atoms with E-state index < -0.39 is 0 Å². The molecule has 6 heteroatoms. The largest absolute Gasteiger partial charge is 0.497 e. The van der Waals surface area contributed by atoms with Gasteiger partial charge in [-0.15, -0.1) is 0 Å². The van der Waals surface area contributed by atoms with Crippen molar-refractivity contribution in [2.75, 3.05) is 33.5 Å². The van der Waals surface area contributed by atoms with Gasteiger partial charge in [0.15, 0.2) is 11.5 Å². The highest BCUT2D eigenvalue weighted by molar-refractivity contribution is 5.95. The molecule has 1 aliphatic carbocycles. The fourth-order valence-corrected chi connectivity index (χ4v) is 4.44. The molecule has 32 heavy (non-hydrogen) atoms. The maximum absolute atomic E-state index is 13.2. The molecule has 6 nitrogen and oxygen atoms in total. The average Bonchev–Trinajstić information content (AvgIpc) is 3.30. The lowest BCUT2D eigenvalue weighted by Crippen LogP contribution is -2.39. The van der Waals surface area contributed by atoms with Crippen LogP contribution >= 0.6 is 0 Å². The Labute approximate surface area is 191 Å². The Morgan fingerprint density at radius 3 is 1.97 bits per heavy atom. The number of nitrogens with one attached hydrogen (secondary N) is 1.